The normalized spacial score (nSPS) is 13.1. The van der Waals surface area contributed by atoms with Gasteiger partial charge in [0, 0.05) is 19.3 Å². The lowest BCUT2D eigenvalue weighted by atomic mass is 10.1. The highest BCUT2D eigenvalue weighted by molar-refractivity contribution is 5.71. The van der Waals surface area contributed by atoms with Crippen LogP contribution in [0.25, 0.3) is 0 Å². The van der Waals surface area contributed by atoms with Gasteiger partial charge in [-0.15, -0.1) is 0 Å². The van der Waals surface area contributed by atoms with Crippen molar-refractivity contribution in [3.63, 3.8) is 0 Å². The van der Waals surface area contributed by atoms with Gasteiger partial charge in [0.2, 0.25) is 0 Å². The molecule has 0 aromatic rings. The number of ether oxygens (including phenoxy) is 3. The van der Waals surface area contributed by atoms with E-state index in [0.717, 1.165) is 154 Å². The third-order valence-corrected chi connectivity index (χ3v) is 12.6. The van der Waals surface area contributed by atoms with Crippen molar-refractivity contribution in [1.29, 1.82) is 0 Å². The Balaban J connectivity index is 4.50. The molecule has 0 aliphatic rings. The van der Waals surface area contributed by atoms with E-state index in [1.165, 1.54) is 57.8 Å². The minimum Gasteiger partial charge on any atom is -0.462 e. The molecular weight excluding hydrogens is 937 g/mol. The molecule has 0 heterocycles. The highest BCUT2D eigenvalue weighted by Gasteiger charge is 2.19. The molecule has 0 spiro atoms. The Labute approximate surface area is 467 Å². The molecule has 0 fully saturated rings. The van der Waals surface area contributed by atoms with Gasteiger partial charge in [-0.05, 0) is 141 Å². The minimum atomic E-state index is -0.814. The number of hydrogen-bond donors (Lipinski definition) is 0. The summed E-state index contributed by atoms with van der Waals surface area (Å²) < 4.78 is 16.9. The summed E-state index contributed by atoms with van der Waals surface area (Å²) in [6.45, 7) is 6.35. The maximum absolute atomic E-state index is 12.9. The largest absolute Gasteiger partial charge is 0.462 e. The van der Waals surface area contributed by atoms with E-state index < -0.39 is 6.10 Å². The summed E-state index contributed by atoms with van der Waals surface area (Å²) in [6.07, 6.45) is 89.8. The number of carbonyl (C=O) groups excluding carboxylic acids is 3. The van der Waals surface area contributed by atoms with Crippen molar-refractivity contribution >= 4 is 17.9 Å². The minimum absolute atomic E-state index is 0.108. The highest BCUT2D eigenvalue weighted by atomic mass is 16.6. The quantitative estimate of drug-likeness (QED) is 0.0261. The Morgan fingerprint density at radius 2 is 0.513 bits per heavy atom. The Bertz CT molecular complexity index is 1680. The predicted octanol–water partition coefficient (Wildman–Crippen LogP) is 21.2. The zero-order valence-corrected chi connectivity index (χ0v) is 49.0. The van der Waals surface area contributed by atoms with Crippen LogP contribution in [0.5, 0.6) is 0 Å². The summed E-state index contributed by atoms with van der Waals surface area (Å²) in [5.74, 6) is -0.966. The molecule has 0 saturated heterocycles. The Hall–Kier alpha value is -4.71. The fourth-order valence-corrected chi connectivity index (χ4v) is 8.00. The van der Waals surface area contributed by atoms with E-state index in [1.54, 1.807) is 0 Å². The van der Waals surface area contributed by atoms with Gasteiger partial charge in [0.05, 0.1) is 0 Å². The van der Waals surface area contributed by atoms with Gasteiger partial charge in [-0.1, -0.05) is 244 Å². The van der Waals surface area contributed by atoms with E-state index in [-0.39, 0.29) is 37.5 Å². The van der Waals surface area contributed by atoms with Gasteiger partial charge >= 0.3 is 17.9 Å². The van der Waals surface area contributed by atoms with Crippen molar-refractivity contribution < 1.29 is 28.6 Å². The van der Waals surface area contributed by atoms with E-state index in [2.05, 4.69) is 167 Å². The number of allylic oxidation sites excluding steroid dienone is 24. The van der Waals surface area contributed by atoms with Crippen molar-refractivity contribution in [2.45, 2.75) is 264 Å². The number of carbonyl (C=O) groups is 3. The van der Waals surface area contributed by atoms with Crippen molar-refractivity contribution in [2.75, 3.05) is 13.2 Å². The average molecular weight is 1050 g/mol. The van der Waals surface area contributed by atoms with Crippen LogP contribution in [0.4, 0.5) is 0 Å². The van der Waals surface area contributed by atoms with Crippen LogP contribution in [0, 0.1) is 0 Å². The molecule has 0 aliphatic carbocycles. The maximum Gasteiger partial charge on any atom is 0.306 e. The van der Waals surface area contributed by atoms with Crippen LogP contribution < -0.4 is 0 Å². The summed E-state index contributed by atoms with van der Waals surface area (Å²) in [6, 6.07) is 0. The lowest BCUT2D eigenvalue weighted by Crippen LogP contribution is -2.30. The smallest absolute Gasteiger partial charge is 0.306 e. The molecule has 0 N–H and O–H groups in total. The van der Waals surface area contributed by atoms with Crippen molar-refractivity contribution in [3.05, 3.63) is 146 Å². The molecular formula is C70H112O6. The predicted molar refractivity (Wildman–Crippen MR) is 329 cm³/mol. The van der Waals surface area contributed by atoms with Crippen molar-refractivity contribution in [3.8, 4) is 0 Å². The highest BCUT2D eigenvalue weighted by Crippen LogP contribution is 2.14. The summed E-state index contributed by atoms with van der Waals surface area (Å²) in [7, 11) is 0. The van der Waals surface area contributed by atoms with Gasteiger partial charge in [-0.25, -0.2) is 0 Å². The van der Waals surface area contributed by atoms with Crippen LogP contribution in [0.3, 0.4) is 0 Å². The molecule has 428 valence electrons. The number of rotatable bonds is 54. The van der Waals surface area contributed by atoms with E-state index in [1.807, 2.05) is 0 Å². The molecule has 6 heteroatoms. The van der Waals surface area contributed by atoms with Gasteiger partial charge < -0.3 is 14.2 Å². The zero-order valence-electron chi connectivity index (χ0n) is 49.0. The topological polar surface area (TPSA) is 78.9 Å². The molecule has 0 saturated carbocycles. The first kappa shape index (κ1) is 71.3. The van der Waals surface area contributed by atoms with Crippen molar-refractivity contribution in [2.24, 2.45) is 0 Å². The molecule has 0 aromatic heterocycles. The lowest BCUT2D eigenvalue weighted by molar-refractivity contribution is -0.167. The van der Waals surface area contributed by atoms with Gasteiger partial charge in [0.15, 0.2) is 6.10 Å². The third kappa shape index (κ3) is 60.2. The van der Waals surface area contributed by atoms with E-state index >= 15 is 0 Å². The number of unbranched alkanes of at least 4 members (excludes halogenated alkanes) is 19. The molecule has 0 aliphatic heterocycles. The molecule has 1 atom stereocenters. The first-order chi connectivity index (χ1) is 37.5. The van der Waals surface area contributed by atoms with Crippen LogP contribution in [0.2, 0.25) is 0 Å². The monoisotopic (exact) mass is 1050 g/mol. The van der Waals surface area contributed by atoms with Crippen LogP contribution in [-0.2, 0) is 28.6 Å². The van der Waals surface area contributed by atoms with Crippen LogP contribution in [-0.4, -0.2) is 37.2 Å². The van der Waals surface area contributed by atoms with Crippen molar-refractivity contribution in [1.82, 2.24) is 0 Å². The summed E-state index contributed by atoms with van der Waals surface area (Å²) in [5.41, 5.74) is 0. The summed E-state index contributed by atoms with van der Waals surface area (Å²) in [5, 5.41) is 0. The van der Waals surface area contributed by atoms with Gasteiger partial charge in [-0.2, -0.15) is 0 Å². The molecule has 0 radical (unpaired) electrons. The zero-order chi connectivity index (χ0) is 55.0. The summed E-state index contributed by atoms with van der Waals surface area (Å²) in [4.78, 5) is 38.3. The maximum atomic E-state index is 12.9. The van der Waals surface area contributed by atoms with Crippen LogP contribution in [0.15, 0.2) is 146 Å². The fourth-order valence-electron chi connectivity index (χ4n) is 8.00. The second-order valence-corrected chi connectivity index (χ2v) is 19.8. The third-order valence-electron chi connectivity index (χ3n) is 12.6. The number of hydrogen-bond acceptors (Lipinski definition) is 6. The van der Waals surface area contributed by atoms with E-state index in [9.17, 15) is 14.4 Å². The van der Waals surface area contributed by atoms with Gasteiger partial charge in [0.1, 0.15) is 13.2 Å². The average Bonchev–Trinajstić information content (AvgIpc) is 3.42. The van der Waals surface area contributed by atoms with E-state index in [4.69, 9.17) is 14.2 Å². The van der Waals surface area contributed by atoms with Gasteiger partial charge in [0.25, 0.3) is 0 Å². The summed E-state index contributed by atoms with van der Waals surface area (Å²) >= 11 is 0. The van der Waals surface area contributed by atoms with Gasteiger partial charge in [-0.3, -0.25) is 14.4 Å². The fraction of sp³-hybridized carbons (Fsp3) is 0.614. The molecule has 0 rings (SSSR count). The Morgan fingerprint density at radius 3 is 0.816 bits per heavy atom. The Morgan fingerprint density at radius 1 is 0.276 bits per heavy atom. The Kier molecular flexibility index (Phi) is 58.9. The first-order valence-corrected chi connectivity index (χ1v) is 30.8. The molecule has 1 unspecified atom stereocenters. The van der Waals surface area contributed by atoms with Crippen LogP contribution in [0.1, 0.15) is 258 Å². The molecule has 0 bridgehead atoms. The van der Waals surface area contributed by atoms with E-state index in [0.29, 0.717) is 19.3 Å². The van der Waals surface area contributed by atoms with Crippen LogP contribution >= 0.6 is 0 Å². The first-order valence-electron chi connectivity index (χ1n) is 30.8. The molecule has 0 amide bonds. The number of esters is 3. The second kappa shape index (κ2) is 62.8. The molecule has 0 aromatic carbocycles. The standard InChI is InChI=1S/C70H112O6/c1-4-7-10-13-16-19-22-25-28-31-33-34-35-36-38-39-42-45-48-51-54-57-60-63-69(72)75-66-67(65-74-68(71)62-59-56-53-50-47-44-41-30-27-24-21-18-15-12-9-6-3)76-70(73)64-61-58-55-52-49-46-43-40-37-32-29-26-23-20-17-14-11-8-5-2/h7-8,10-11,16-17,19-21,24-26,28-30,33-34,36-38,40-41,46,49,67H,4-6,9,12-15,18,22-23,27,31-32,35,39,42-45,47-48,50-66H2,1-3H3/b10-7-,11-8-,19-16-,20-17-,24-21-,28-25-,29-26-,34-33-,38-36-,40-37-,41-30-,49-46-. The second-order valence-electron chi connectivity index (χ2n) is 19.8. The molecule has 76 heavy (non-hydrogen) atoms. The SMILES string of the molecule is CC/C=C\C/C=C\C/C=C\C/C=C\C/C=C\CCCCCCCCCC(=O)OCC(COC(=O)CCCCCCC/C=C\C/C=C\CCCCCC)OC(=O)CCCCC/C=C\C/C=C\C/C=C\C/C=C\C/C=C\CC. The lowest BCUT2D eigenvalue weighted by Gasteiger charge is -2.18. The molecule has 6 nitrogen and oxygen atoms in total.